The molecule has 5 heteroatoms. The summed E-state index contributed by atoms with van der Waals surface area (Å²) in [5.74, 6) is 0. The molecule has 2 fully saturated rings. The molecular weight excluding hydrogens is 393 g/mol. The molecule has 0 N–H and O–H groups in total. The van der Waals surface area contributed by atoms with Crippen LogP contribution in [0.4, 0.5) is 0 Å². The number of aryl methyl sites for hydroxylation is 1. The number of rotatable bonds is 6. The van der Waals surface area contributed by atoms with E-state index < -0.39 is 0 Å². The van der Waals surface area contributed by atoms with Gasteiger partial charge in [0.15, 0.2) is 0 Å². The predicted molar refractivity (Wildman–Crippen MR) is 113 cm³/mol. The fraction of sp³-hybridized carbons (Fsp3) is 0.522. The first kappa shape index (κ1) is 20.2. The molecule has 2 unspecified atom stereocenters. The van der Waals surface area contributed by atoms with E-state index >= 15 is 0 Å². The summed E-state index contributed by atoms with van der Waals surface area (Å²) in [5.41, 5.74) is 2.40. The van der Waals surface area contributed by atoms with E-state index in [0.717, 1.165) is 58.2 Å². The van der Waals surface area contributed by atoms with E-state index in [1.54, 1.807) is 0 Å². The molecule has 0 radical (unpaired) electrons. The summed E-state index contributed by atoms with van der Waals surface area (Å²) < 4.78 is 11.9. The van der Waals surface area contributed by atoms with Gasteiger partial charge in [-0.05, 0) is 61.9 Å². The van der Waals surface area contributed by atoms with Crippen molar-refractivity contribution < 1.29 is 9.47 Å². The lowest BCUT2D eigenvalue weighted by molar-refractivity contribution is -0.109. The highest BCUT2D eigenvalue weighted by molar-refractivity contribution is 6.42. The zero-order chi connectivity index (χ0) is 19.5. The lowest BCUT2D eigenvalue weighted by Gasteiger charge is -2.45. The summed E-state index contributed by atoms with van der Waals surface area (Å²) in [4.78, 5) is 4.76. The van der Waals surface area contributed by atoms with Crippen LogP contribution in [0.1, 0.15) is 49.8 Å². The molecule has 150 valence electrons. The van der Waals surface area contributed by atoms with Crippen molar-refractivity contribution in [1.82, 2.24) is 4.98 Å². The Hall–Kier alpha value is -1.13. The van der Waals surface area contributed by atoms with Crippen LogP contribution in [0.3, 0.4) is 0 Å². The van der Waals surface area contributed by atoms with Gasteiger partial charge in [-0.3, -0.25) is 4.98 Å². The first-order valence-corrected chi connectivity index (χ1v) is 10.9. The van der Waals surface area contributed by atoms with E-state index in [9.17, 15) is 0 Å². The lowest BCUT2D eigenvalue weighted by Crippen LogP contribution is -2.48. The highest BCUT2D eigenvalue weighted by atomic mass is 35.5. The molecule has 3 nitrogen and oxygen atoms in total. The third-order valence-electron chi connectivity index (χ3n) is 6.28. The van der Waals surface area contributed by atoms with Crippen molar-refractivity contribution in [2.24, 2.45) is 0 Å². The van der Waals surface area contributed by atoms with Crippen LogP contribution in [0, 0.1) is 0 Å². The third-order valence-corrected chi connectivity index (χ3v) is 7.02. The van der Waals surface area contributed by atoms with Crippen LogP contribution < -0.4 is 0 Å². The van der Waals surface area contributed by atoms with E-state index in [2.05, 4.69) is 18.2 Å². The summed E-state index contributed by atoms with van der Waals surface area (Å²) in [7, 11) is 0. The van der Waals surface area contributed by atoms with Crippen molar-refractivity contribution in [1.29, 1.82) is 0 Å². The van der Waals surface area contributed by atoms with Crippen LogP contribution in [0.25, 0.3) is 0 Å². The molecule has 3 heterocycles. The number of hydrogen-bond donors (Lipinski definition) is 0. The van der Waals surface area contributed by atoms with Gasteiger partial charge >= 0.3 is 0 Å². The number of nitrogens with zero attached hydrogens (tertiary/aromatic N) is 1. The smallest absolute Gasteiger partial charge is 0.0945 e. The highest BCUT2D eigenvalue weighted by Crippen LogP contribution is 2.47. The largest absolute Gasteiger partial charge is 0.378 e. The molecule has 0 saturated carbocycles. The Balaban J connectivity index is 1.45. The summed E-state index contributed by atoms with van der Waals surface area (Å²) in [6.45, 7) is 2.30. The molecule has 0 aliphatic carbocycles. The molecule has 2 aliphatic rings. The number of halogens is 2. The van der Waals surface area contributed by atoms with Gasteiger partial charge in [0.1, 0.15) is 0 Å². The molecule has 2 atom stereocenters. The van der Waals surface area contributed by atoms with Crippen LogP contribution in [0.2, 0.25) is 10.0 Å². The van der Waals surface area contributed by atoms with Gasteiger partial charge in [0.25, 0.3) is 0 Å². The number of aromatic nitrogens is 1. The standard InChI is InChI=1S/C23H27Cl2NO2/c24-19-8-7-18(15-20(19)25)5-1-3-9-22(21-6-2-4-12-26-21)10-14-28-23(16-22)11-13-27-17-23/h2,4,6-8,12,15H,1,3,5,9-11,13-14,16-17H2. The zero-order valence-corrected chi connectivity index (χ0v) is 17.6. The van der Waals surface area contributed by atoms with E-state index in [1.807, 2.05) is 24.4 Å². The van der Waals surface area contributed by atoms with Crippen LogP contribution in [0.15, 0.2) is 42.6 Å². The van der Waals surface area contributed by atoms with Gasteiger partial charge in [0, 0.05) is 36.9 Å². The molecule has 2 aliphatic heterocycles. The van der Waals surface area contributed by atoms with Gasteiger partial charge < -0.3 is 9.47 Å². The van der Waals surface area contributed by atoms with E-state index in [-0.39, 0.29) is 11.0 Å². The Kier molecular flexibility index (Phi) is 6.27. The molecular formula is C23H27Cl2NO2. The average molecular weight is 420 g/mol. The van der Waals surface area contributed by atoms with Crippen molar-refractivity contribution in [2.45, 2.75) is 56.0 Å². The van der Waals surface area contributed by atoms with Crippen molar-refractivity contribution in [3.63, 3.8) is 0 Å². The lowest BCUT2D eigenvalue weighted by atomic mass is 9.67. The van der Waals surface area contributed by atoms with Crippen molar-refractivity contribution in [3.8, 4) is 0 Å². The Labute approximate surface area is 177 Å². The molecule has 4 rings (SSSR count). The molecule has 1 aromatic carbocycles. The fourth-order valence-corrected chi connectivity index (χ4v) is 5.11. The number of pyridine rings is 1. The number of unbranched alkanes of at least 4 members (excludes halogenated alkanes) is 1. The first-order valence-electron chi connectivity index (χ1n) is 10.2. The molecule has 2 aromatic rings. The van der Waals surface area contributed by atoms with E-state index in [1.165, 1.54) is 11.3 Å². The SMILES string of the molecule is Clc1ccc(CCCCC2(c3ccccn3)CCOC3(CCOC3)C2)cc1Cl. The van der Waals surface area contributed by atoms with E-state index in [0.29, 0.717) is 16.7 Å². The minimum Gasteiger partial charge on any atom is -0.378 e. The normalized spacial score (nSPS) is 27.4. The second-order valence-corrected chi connectivity index (χ2v) is 9.03. The maximum Gasteiger partial charge on any atom is 0.0945 e. The molecule has 1 spiro atoms. The van der Waals surface area contributed by atoms with Crippen molar-refractivity contribution in [2.75, 3.05) is 19.8 Å². The van der Waals surface area contributed by atoms with Gasteiger partial charge in [-0.25, -0.2) is 0 Å². The topological polar surface area (TPSA) is 31.4 Å². The third kappa shape index (κ3) is 4.38. The van der Waals surface area contributed by atoms with Crippen LogP contribution in [-0.2, 0) is 21.3 Å². The van der Waals surface area contributed by atoms with Crippen molar-refractivity contribution in [3.05, 3.63) is 63.9 Å². The minimum absolute atomic E-state index is 0.0743. The highest BCUT2D eigenvalue weighted by Gasteiger charge is 2.49. The number of benzene rings is 1. The van der Waals surface area contributed by atoms with Gasteiger partial charge in [0.05, 0.1) is 22.3 Å². The van der Waals surface area contributed by atoms with Gasteiger partial charge in [-0.1, -0.05) is 41.8 Å². The second kappa shape index (κ2) is 8.71. The summed E-state index contributed by atoms with van der Waals surface area (Å²) in [6, 6.07) is 12.2. The van der Waals surface area contributed by atoms with E-state index in [4.69, 9.17) is 37.7 Å². The maximum absolute atomic E-state index is 6.22. The van der Waals surface area contributed by atoms with Gasteiger partial charge in [0.2, 0.25) is 0 Å². The van der Waals surface area contributed by atoms with Crippen LogP contribution >= 0.6 is 23.2 Å². The predicted octanol–water partition coefficient (Wildman–Crippen LogP) is 6.01. The quantitative estimate of drug-likeness (QED) is 0.537. The minimum atomic E-state index is -0.126. The average Bonchev–Trinajstić information content (AvgIpc) is 3.16. The Morgan fingerprint density at radius 2 is 1.93 bits per heavy atom. The summed E-state index contributed by atoms with van der Waals surface area (Å²) in [6.07, 6.45) is 9.34. The second-order valence-electron chi connectivity index (χ2n) is 8.21. The summed E-state index contributed by atoms with van der Waals surface area (Å²) >= 11 is 12.2. The van der Waals surface area contributed by atoms with Gasteiger partial charge in [-0.15, -0.1) is 0 Å². The molecule has 0 amide bonds. The Morgan fingerprint density at radius 1 is 1.00 bits per heavy atom. The monoisotopic (exact) mass is 419 g/mol. The maximum atomic E-state index is 6.22. The molecule has 0 bridgehead atoms. The summed E-state index contributed by atoms with van der Waals surface area (Å²) in [5, 5.41) is 1.25. The Bertz CT molecular complexity index is 792. The fourth-order valence-electron chi connectivity index (χ4n) is 4.79. The number of hydrogen-bond acceptors (Lipinski definition) is 3. The molecule has 1 aromatic heterocycles. The van der Waals surface area contributed by atoms with Gasteiger partial charge in [-0.2, -0.15) is 0 Å². The Morgan fingerprint density at radius 3 is 2.68 bits per heavy atom. The molecule has 2 saturated heterocycles. The first-order chi connectivity index (χ1) is 13.6. The zero-order valence-electron chi connectivity index (χ0n) is 16.1. The van der Waals surface area contributed by atoms with Crippen LogP contribution in [-0.4, -0.2) is 30.4 Å². The molecule has 28 heavy (non-hydrogen) atoms. The number of ether oxygens (including phenoxy) is 2. The van der Waals surface area contributed by atoms with Crippen molar-refractivity contribution >= 4 is 23.2 Å². The van der Waals surface area contributed by atoms with Crippen LogP contribution in [0.5, 0.6) is 0 Å².